The molecule has 0 radical (unpaired) electrons. The Hall–Kier alpha value is -1.92. The summed E-state index contributed by atoms with van der Waals surface area (Å²) in [5.74, 6) is -0.152. The number of benzene rings is 1. The van der Waals surface area contributed by atoms with Crippen molar-refractivity contribution < 1.29 is 13.2 Å². The maximum Gasteiger partial charge on any atom is 0.247 e. The second kappa shape index (κ2) is 6.77. The fourth-order valence-corrected chi connectivity index (χ4v) is 5.44. The molecular weight excluding hydrogens is 360 g/mol. The van der Waals surface area contributed by atoms with Gasteiger partial charge >= 0.3 is 0 Å². The van der Waals surface area contributed by atoms with Crippen LogP contribution in [0.3, 0.4) is 0 Å². The van der Waals surface area contributed by atoms with Crippen LogP contribution in [-0.2, 0) is 14.6 Å². The third-order valence-electron chi connectivity index (χ3n) is 4.59. The van der Waals surface area contributed by atoms with E-state index in [2.05, 4.69) is 10.3 Å². The number of carbonyl (C=O) groups excluding carboxylic acids is 1. The number of hydrogen-bond acceptors (Lipinski definition) is 4. The van der Waals surface area contributed by atoms with Gasteiger partial charge in [-0.05, 0) is 56.2 Å². The number of aryl methyl sites for hydroxylation is 1. The zero-order valence-electron chi connectivity index (χ0n) is 13.8. The standard InChI is InChI=1S/C18H19ClN2O3S/c1-13-5-4-6-16(20-13)21-17(22)18(11-2-3-12-18)25(23,24)15-9-7-14(19)8-10-15/h4-10H,2-3,11-12H2,1H3,(H,20,21,22). The zero-order valence-corrected chi connectivity index (χ0v) is 15.4. The Balaban J connectivity index is 1.98. The largest absolute Gasteiger partial charge is 0.309 e. The smallest absolute Gasteiger partial charge is 0.247 e. The summed E-state index contributed by atoms with van der Waals surface area (Å²) in [6, 6.07) is 11.2. The van der Waals surface area contributed by atoms with Gasteiger partial charge in [-0.3, -0.25) is 4.79 Å². The molecule has 1 aromatic carbocycles. The predicted molar refractivity (Wildman–Crippen MR) is 97.4 cm³/mol. The van der Waals surface area contributed by atoms with E-state index in [1.54, 1.807) is 12.1 Å². The van der Waals surface area contributed by atoms with Crippen LogP contribution in [0.5, 0.6) is 0 Å². The van der Waals surface area contributed by atoms with E-state index in [1.165, 1.54) is 24.3 Å². The van der Waals surface area contributed by atoms with Crippen LogP contribution in [0.1, 0.15) is 31.4 Å². The molecule has 1 saturated carbocycles. The van der Waals surface area contributed by atoms with E-state index in [1.807, 2.05) is 13.0 Å². The monoisotopic (exact) mass is 378 g/mol. The first-order valence-electron chi connectivity index (χ1n) is 8.10. The zero-order chi connectivity index (χ0) is 18.1. The normalized spacial score (nSPS) is 16.6. The minimum atomic E-state index is -3.85. The van der Waals surface area contributed by atoms with Crippen molar-refractivity contribution >= 4 is 33.2 Å². The van der Waals surface area contributed by atoms with Crippen molar-refractivity contribution in [3.8, 4) is 0 Å². The topological polar surface area (TPSA) is 76.1 Å². The number of pyridine rings is 1. The lowest BCUT2D eigenvalue weighted by Gasteiger charge is -2.27. The Bertz CT molecular complexity index is 889. The van der Waals surface area contributed by atoms with Crippen molar-refractivity contribution in [2.24, 2.45) is 0 Å². The molecular formula is C18H19ClN2O3S. The second-order valence-electron chi connectivity index (χ2n) is 6.28. The van der Waals surface area contributed by atoms with Crippen LogP contribution >= 0.6 is 11.6 Å². The maximum absolute atomic E-state index is 13.2. The van der Waals surface area contributed by atoms with Crippen molar-refractivity contribution in [3.05, 3.63) is 53.2 Å². The van der Waals surface area contributed by atoms with Crippen LogP contribution < -0.4 is 5.32 Å². The van der Waals surface area contributed by atoms with Crippen molar-refractivity contribution in [1.82, 2.24) is 4.98 Å². The highest BCUT2D eigenvalue weighted by atomic mass is 35.5. The summed E-state index contributed by atoms with van der Waals surface area (Å²) in [6.07, 6.45) is 1.99. The van der Waals surface area contributed by atoms with Gasteiger partial charge in [0.05, 0.1) is 4.90 Å². The number of nitrogens with one attached hydrogen (secondary N) is 1. The van der Waals surface area contributed by atoms with Crippen LogP contribution in [0.25, 0.3) is 0 Å². The van der Waals surface area contributed by atoms with E-state index < -0.39 is 20.5 Å². The van der Waals surface area contributed by atoms with Crippen molar-refractivity contribution in [2.75, 3.05) is 5.32 Å². The van der Waals surface area contributed by atoms with Gasteiger partial charge in [0, 0.05) is 10.7 Å². The van der Waals surface area contributed by atoms with E-state index >= 15 is 0 Å². The Kier molecular flexibility index (Phi) is 4.84. The van der Waals surface area contributed by atoms with Crippen LogP contribution in [-0.4, -0.2) is 24.1 Å². The first-order chi connectivity index (χ1) is 11.8. The number of aromatic nitrogens is 1. The van der Waals surface area contributed by atoms with Gasteiger partial charge in [0.2, 0.25) is 5.91 Å². The number of amides is 1. The van der Waals surface area contributed by atoms with E-state index in [0.717, 1.165) is 5.69 Å². The molecule has 0 spiro atoms. The predicted octanol–water partition coefficient (Wildman–Crippen LogP) is 3.77. The summed E-state index contributed by atoms with van der Waals surface area (Å²) in [5, 5.41) is 3.15. The Labute approximate surface area is 152 Å². The number of nitrogens with zero attached hydrogens (tertiary/aromatic N) is 1. The highest BCUT2D eigenvalue weighted by molar-refractivity contribution is 7.93. The Morgan fingerprint density at radius 1 is 1.12 bits per heavy atom. The second-order valence-corrected chi connectivity index (χ2v) is 8.97. The molecule has 1 aromatic heterocycles. The molecule has 1 heterocycles. The van der Waals surface area contributed by atoms with Crippen molar-refractivity contribution in [3.63, 3.8) is 0 Å². The van der Waals surface area contributed by atoms with E-state index in [9.17, 15) is 13.2 Å². The van der Waals surface area contributed by atoms with Gasteiger partial charge in [0.25, 0.3) is 0 Å². The minimum Gasteiger partial charge on any atom is -0.309 e. The third kappa shape index (κ3) is 3.28. The van der Waals surface area contributed by atoms with Gasteiger partial charge in [-0.1, -0.05) is 30.5 Å². The van der Waals surface area contributed by atoms with Gasteiger partial charge in [0.15, 0.2) is 14.6 Å². The molecule has 0 bridgehead atoms. The number of carbonyl (C=O) groups is 1. The number of anilines is 1. The third-order valence-corrected chi connectivity index (χ3v) is 7.36. The fourth-order valence-electron chi connectivity index (χ4n) is 3.25. The SMILES string of the molecule is Cc1cccc(NC(=O)C2(S(=O)(=O)c3ccc(Cl)cc3)CCCC2)n1. The van der Waals surface area contributed by atoms with Gasteiger partial charge in [0.1, 0.15) is 5.82 Å². The number of sulfone groups is 1. The summed E-state index contributed by atoms with van der Waals surface area (Å²) in [4.78, 5) is 17.3. The lowest BCUT2D eigenvalue weighted by atomic mass is 10.1. The van der Waals surface area contributed by atoms with Crippen molar-refractivity contribution in [2.45, 2.75) is 42.2 Å². The average molecular weight is 379 g/mol. The van der Waals surface area contributed by atoms with Crippen LogP contribution in [0.15, 0.2) is 47.4 Å². The van der Waals surface area contributed by atoms with Gasteiger partial charge < -0.3 is 5.32 Å². The molecule has 1 aliphatic carbocycles. The molecule has 1 amide bonds. The quantitative estimate of drug-likeness (QED) is 0.878. The summed E-state index contributed by atoms with van der Waals surface area (Å²) in [6.45, 7) is 1.81. The molecule has 1 aliphatic rings. The molecule has 0 atom stereocenters. The maximum atomic E-state index is 13.2. The van der Waals surface area contributed by atoms with E-state index in [-0.39, 0.29) is 4.90 Å². The highest BCUT2D eigenvalue weighted by Gasteiger charge is 2.53. The summed E-state index contributed by atoms with van der Waals surface area (Å²) < 4.78 is 25.0. The molecule has 132 valence electrons. The van der Waals surface area contributed by atoms with E-state index in [0.29, 0.717) is 36.5 Å². The van der Waals surface area contributed by atoms with E-state index in [4.69, 9.17) is 11.6 Å². The lowest BCUT2D eigenvalue weighted by Crippen LogP contribution is -2.47. The number of rotatable bonds is 4. The molecule has 1 fully saturated rings. The van der Waals surface area contributed by atoms with Gasteiger partial charge in [-0.15, -0.1) is 0 Å². The van der Waals surface area contributed by atoms with Crippen molar-refractivity contribution in [1.29, 1.82) is 0 Å². The minimum absolute atomic E-state index is 0.117. The number of halogens is 1. The van der Waals surface area contributed by atoms with Crippen LogP contribution in [0.4, 0.5) is 5.82 Å². The summed E-state index contributed by atoms with van der Waals surface area (Å²) >= 11 is 5.86. The number of hydrogen-bond donors (Lipinski definition) is 1. The Morgan fingerprint density at radius 3 is 2.36 bits per heavy atom. The molecule has 25 heavy (non-hydrogen) atoms. The first-order valence-corrected chi connectivity index (χ1v) is 9.97. The van der Waals surface area contributed by atoms with Gasteiger partial charge in [-0.25, -0.2) is 13.4 Å². The molecule has 5 nitrogen and oxygen atoms in total. The molecule has 0 unspecified atom stereocenters. The summed E-state index contributed by atoms with van der Waals surface area (Å²) in [7, 11) is -3.85. The summed E-state index contributed by atoms with van der Waals surface area (Å²) in [5.41, 5.74) is 0.749. The van der Waals surface area contributed by atoms with Gasteiger partial charge in [-0.2, -0.15) is 0 Å². The van der Waals surface area contributed by atoms with Crippen LogP contribution in [0, 0.1) is 6.92 Å². The molecule has 0 aliphatic heterocycles. The molecule has 3 rings (SSSR count). The first kappa shape index (κ1) is 17.9. The fraction of sp³-hybridized carbons (Fsp3) is 0.333. The molecule has 2 aromatic rings. The molecule has 1 N–H and O–H groups in total. The molecule has 0 saturated heterocycles. The Morgan fingerprint density at radius 2 is 1.76 bits per heavy atom. The highest BCUT2D eigenvalue weighted by Crippen LogP contribution is 2.41. The lowest BCUT2D eigenvalue weighted by molar-refractivity contribution is -0.118. The molecule has 7 heteroatoms. The average Bonchev–Trinajstić information content (AvgIpc) is 3.07. The van der Waals surface area contributed by atoms with Crippen LogP contribution in [0.2, 0.25) is 5.02 Å².